The van der Waals surface area contributed by atoms with Gasteiger partial charge in [0.15, 0.2) is 0 Å². The van der Waals surface area contributed by atoms with Crippen LogP contribution in [0.25, 0.3) is 0 Å². The fourth-order valence-electron chi connectivity index (χ4n) is 2.63. The molecule has 1 aromatic carbocycles. The molecule has 2 atom stereocenters. The first-order valence-electron chi connectivity index (χ1n) is 8.68. The summed E-state index contributed by atoms with van der Waals surface area (Å²) in [6.45, 7) is 5.24. The van der Waals surface area contributed by atoms with E-state index in [1.165, 1.54) is 0 Å². The molecule has 5 nitrogen and oxygen atoms in total. The van der Waals surface area contributed by atoms with Gasteiger partial charge in [0.25, 0.3) is 0 Å². The normalized spacial score (nSPS) is 24.7. The number of rotatable bonds is 10. The summed E-state index contributed by atoms with van der Waals surface area (Å²) in [5, 5.41) is 0. The fourth-order valence-corrected chi connectivity index (χ4v) is 5.88. The Balaban J connectivity index is 1.45. The molecule has 3 rings (SSSR count). The zero-order valence-corrected chi connectivity index (χ0v) is 18.9. The molecule has 10 heteroatoms. The maximum Gasteiger partial charge on any atom is 0.396 e. The van der Waals surface area contributed by atoms with Crippen molar-refractivity contribution in [1.29, 1.82) is 0 Å². The molecule has 0 saturated carbocycles. The van der Waals surface area contributed by atoms with Gasteiger partial charge in [-0.1, -0.05) is 0 Å². The third-order valence-corrected chi connectivity index (χ3v) is 9.31. The first-order valence-corrected chi connectivity index (χ1v) is 16.4. The topological polar surface area (TPSA) is 49.5 Å². The highest BCUT2D eigenvalue weighted by atomic mass is 35.8. The highest BCUT2D eigenvalue weighted by Gasteiger charge is 2.37. The van der Waals surface area contributed by atoms with E-state index in [1.54, 1.807) is 0 Å². The van der Waals surface area contributed by atoms with Crippen LogP contribution in [0.2, 0.25) is 18.6 Å². The smallest absolute Gasteiger partial charge is 0.396 e. The van der Waals surface area contributed by atoms with E-state index in [-0.39, 0.29) is 0 Å². The van der Waals surface area contributed by atoms with Gasteiger partial charge in [0.1, 0.15) is 17.6 Å². The number of benzene rings is 1. The maximum atomic E-state index is 6.20. The van der Waals surface area contributed by atoms with Crippen molar-refractivity contribution in [2.75, 3.05) is 26.4 Å². The van der Waals surface area contributed by atoms with Crippen LogP contribution in [0.1, 0.15) is 12.0 Å². The van der Waals surface area contributed by atoms with Gasteiger partial charge in [-0.25, -0.2) is 0 Å². The molecular weight excluding hydrogens is 435 g/mol. The Bertz CT molecular complexity index is 612. The van der Waals surface area contributed by atoms with Gasteiger partial charge in [-0.3, -0.25) is 0 Å². The molecule has 1 saturated heterocycles. The minimum Gasteiger partial charge on any atom is -0.520 e. The van der Waals surface area contributed by atoms with Crippen LogP contribution >= 0.6 is 33.2 Å². The third kappa shape index (κ3) is 6.87. The first kappa shape index (κ1) is 20.7. The van der Waals surface area contributed by atoms with Crippen LogP contribution in [0.4, 0.5) is 0 Å². The molecule has 2 unspecified atom stereocenters. The van der Waals surface area contributed by atoms with Crippen LogP contribution < -0.4 is 9.16 Å². The lowest BCUT2D eigenvalue weighted by Crippen LogP contribution is -2.44. The zero-order valence-electron chi connectivity index (χ0n) is 14.6. The van der Waals surface area contributed by atoms with E-state index < -0.39 is 14.6 Å². The molecule has 146 valence electrons. The Hall–Kier alpha value is 0.00377. The van der Waals surface area contributed by atoms with Crippen LogP contribution in [0.15, 0.2) is 18.2 Å². The molecule has 26 heavy (non-hydrogen) atoms. The Morgan fingerprint density at radius 2 is 2.08 bits per heavy atom. The molecule has 0 aliphatic carbocycles. The molecule has 0 aromatic heterocycles. The second-order valence-corrected chi connectivity index (χ2v) is 19.2. The van der Waals surface area contributed by atoms with Crippen molar-refractivity contribution < 1.29 is 23.1 Å². The summed E-state index contributed by atoms with van der Waals surface area (Å²) in [5.74, 6) is 1.61. The summed E-state index contributed by atoms with van der Waals surface area (Å²) >= 11 is 17.6. The Kier molecular flexibility index (Phi) is 7.18. The molecular formula is C16H23Cl3O5Si2. The Morgan fingerprint density at radius 1 is 1.27 bits per heavy atom. The van der Waals surface area contributed by atoms with E-state index in [0.717, 1.165) is 36.1 Å². The van der Waals surface area contributed by atoms with Crippen molar-refractivity contribution in [1.82, 2.24) is 0 Å². The van der Waals surface area contributed by atoms with Gasteiger partial charge in [-0.05, 0) is 31.2 Å². The number of fused-ring (bicyclic) bond motifs is 1. The van der Waals surface area contributed by atoms with Gasteiger partial charge >= 0.3 is 14.6 Å². The average molecular weight is 458 g/mol. The minimum absolute atomic E-state index is 0.311. The van der Waals surface area contributed by atoms with Gasteiger partial charge in [0.2, 0.25) is 0 Å². The fraction of sp³-hybridized carbons (Fsp3) is 0.625. The maximum absolute atomic E-state index is 6.20. The van der Waals surface area contributed by atoms with Gasteiger partial charge < -0.3 is 23.1 Å². The molecule has 2 heterocycles. The van der Waals surface area contributed by atoms with Gasteiger partial charge in [0.05, 0.1) is 26.4 Å². The number of hydrogen-bond acceptors (Lipinski definition) is 5. The summed E-state index contributed by atoms with van der Waals surface area (Å²) in [6.07, 6.45) is 1.23. The second kappa shape index (κ2) is 9.00. The third-order valence-electron chi connectivity index (χ3n) is 4.17. The van der Waals surface area contributed by atoms with E-state index in [2.05, 4.69) is 6.55 Å². The van der Waals surface area contributed by atoms with Crippen molar-refractivity contribution in [3.05, 3.63) is 23.8 Å². The molecule has 0 N–H and O–H groups in total. The molecule has 1 fully saturated rings. The summed E-state index contributed by atoms with van der Waals surface area (Å²) in [7, 11) is -2.22. The van der Waals surface area contributed by atoms with E-state index in [4.69, 9.17) is 56.3 Å². The monoisotopic (exact) mass is 456 g/mol. The molecule has 1 aromatic rings. The van der Waals surface area contributed by atoms with Crippen molar-refractivity contribution in [2.45, 2.75) is 37.8 Å². The van der Waals surface area contributed by atoms with Crippen molar-refractivity contribution in [3.63, 3.8) is 0 Å². The number of epoxide rings is 1. The Morgan fingerprint density at radius 3 is 2.81 bits per heavy atom. The summed E-state index contributed by atoms with van der Waals surface area (Å²) < 4.78 is 28.6. The molecule has 0 amide bonds. The largest absolute Gasteiger partial charge is 0.520 e. The molecule has 0 spiro atoms. The minimum atomic E-state index is -2.65. The van der Waals surface area contributed by atoms with E-state index in [0.29, 0.717) is 38.6 Å². The molecule has 2 aliphatic heterocycles. The molecule has 2 aliphatic rings. The van der Waals surface area contributed by atoms with Crippen molar-refractivity contribution in [2.24, 2.45) is 0 Å². The molecule has 0 radical (unpaired) electrons. The zero-order chi connectivity index (χ0) is 18.6. The van der Waals surface area contributed by atoms with Crippen LogP contribution in [0.5, 0.6) is 11.5 Å². The SMILES string of the molecule is C[Si]1(CCCOCC2CO2)OCc2cc(OCC[Si](Cl)(Cl)Cl)ccc2O1. The predicted molar refractivity (Wildman–Crippen MR) is 107 cm³/mol. The van der Waals surface area contributed by atoms with Gasteiger partial charge in [0, 0.05) is 24.3 Å². The lowest BCUT2D eigenvalue weighted by Gasteiger charge is -2.33. The summed E-state index contributed by atoms with van der Waals surface area (Å²) in [5.41, 5.74) is 0.987. The van der Waals surface area contributed by atoms with E-state index >= 15 is 0 Å². The van der Waals surface area contributed by atoms with E-state index in [1.807, 2.05) is 18.2 Å². The Labute approximate surface area is 170 Å². The van der Waals surface area contributed by atoms with Crippen LogP contribution in [0.3, 0.4) is 0 Å². The second-order valence-electron chi connectivity index (χ2n) is 6.64. The number of ether oxygens (including phenoxy) is 3. The van der Waals surface area contributed by atoms with Crippen molar-refractivity contribution in [3.8, 4) is 11.5 Å². The first-order chi connectivity index (χ1) is 12.3. The van der Waals surface area contributed by atoms with Crippen LogP contribution in [-0.4, -0.2) is 47.1 Å². The summed E-state index contributed by atoms with van der Waals surface area (Å²) in [4.78, 5) is 0. The predicted octanol–water partition coefficient (Wildman–Crippen LogP) is 4.51. The highest BCUT2D eigenvalue weighted by molar-refractivity contribution is 7.64. The van der Waals surface area contributed by atoms with Crippen LogP contribution in [0, 0.1) is 0 Å². The van der Waals surface area contributed by atoms with Crippen LogP contribution in [-0.2, 0) is 20.5 Å². The number of halogens is 3. The standard InChI is InChI=1S/C16H23Cl3O5Si2/c1-25(7-2-5-20-11-15-12-22-15)23-10-13-9-14(3-4-16(13)24-25)21-6-8-26(17,18)19/h3-4,9,15H,2,5-8,10-12H2,1H3. The average Bonchev–Trinajstić information content (AvgIpc) is 3.38. The lowest BCUT2D eigenvalue weighted by molar-refractivity contribution is 0.114. The van der Waals surface area contributed by atoms with Gasteiger partial charge in [-0.2, -0.15) is 0 Å². The highest BCUT2D eigenvalue weighted by Crippen LogP contribution is 2.34. The number of hydrogen-bond donors (Lipinski definition) is 0. The van der Waals surface area contributed by atoms with Crippen molar-refractivity contribution >= 4 is 47.8 Å². The molecule has 0 bridgehead atoms. The lowest BCUT2D eigenvalue weighted by atomic mass is 10.2. The van der Waals surface area contributed by atoms with Gasteiger partial charge in [-0.15, -0.1) is 33.2 Å². The quantitative estimate of drug-likeness (QED) is 0.224. The summed E-state index contributed by atoms with van der Waals surface area (Å²) in [6, 6.07) is 4.46. The van der Waals surface area contributed by atoms with E-state index in [9.17, 15) is 0 Å².